The normalized spacial score (nSPS) is 21.7. The third kappa shape index (κ3) is 11.7. The van der Waals surface area contributed by atoms with Gasteiger partial charge >= 0.3 is 5.97 Å². The highest BCUT2D eigenvalue weighted by molar-refractivity contribution is 5.92. The number of ether oxygens (including phenoxy) is 3. The first-order valence-corrected chi connectivity index (χ1v) is 15.9. The Kier molecular flexibility index (Phi) is 14.8. The molecule has 1 aromatic carbocycles. The van der Waals surface area contributed by atoms with Crippen LogP contribution in [0.2, 0.25) is 0 Å². The van der Waals surface area contributed by atoms with Crippen LogP contribution in [-0.2, 0) is 51.2 Å². The van der Waals surface area contributed by atoms with Crippen LogP contribution < -0.4 is 31.7 Å². The van der Waals surface area contributed by atoms with Crippen LogP contribution in [0, 0.1) is 0 Å². The van der Waals surface area contributed by atoms with Gasteiger partial charge in [-0.25, -0.2) is 4.68 Å². The van der Waals surface area contributed by atoms with E-state index < -0.39 is 91.4 Å². The topological polar surface area (TPSA) is 296 Å². The molecule has 280 valence electrons. The number of aliphatic carboxylic acids is 1. The Morgan fingerprint density at radius 2 is 1.76 bits per heavy atom. The smallest absolute Gasteiger partial charge is 0.303 e. The molecule has 1 aliphatic heterocycles. The number of carboxylic acid groups (broad SMARTS) is 1. The Bertz CT molecular complexity index is 1540. The summed E-state index contributed by atoms with van der Waals surface area (Å²) in [5.41, 5.74) is 6.33. The quantitative estimate of drug-likeness (QED) is 0.0763. The van der Waals surface area contributed by atoms with E-state index in [4.69, 9.17) is 25.1 Å². The minimum absolute atomic E-state index is 0.0265. The molecule has 20 nitrogen and oxygen atoms in total. The van der Waals surface area contributed by atoms with Crippen molar-refractivity contribution in [1.29, 1.82) is 0 Å². The minimum atomic E-state index is -1.69. The van der Waals surface area contributed by atoms with Crippen molar-refractivity contribution in [1.82, 2.24) is 36.3 Å². The van der Waals surface area contributed by atoms with Crippen molar-refractivity contribution in [3.63, 3.8) is 0 Å². The van der Waals surface area contributed by atoms with Crippen LogP contribution in [0.5, 0.6) is 5.75 Å². The van der Waals surface area contributed by atoms with Gasteiger partial charge in [-0.3, -0.25) is 28.8 Å². The molecule has 5 amide bonds. The van der Waals surface area contributed by atoms with Gasteiger partial charge in [0, 0.05) is 13.3 Å². The molecule has 9 N–H and O–H groups in total. The number of nitrogens with one attached hydrogen (secondary N) is 4. The molecule has 20 heteroatoms. The lowest BCUT2D eigenvalue weighted by Gasteiger charge is -2.45. The molecule has 0 spiro atoms. The number of aliphatic hydroxyl groups excluding tert-OH is 2. The van der Waals surface area contributed by atoms with Gasteiger partial charge in [-0.1, -0.05) is 17.3 Å². The predicted octanol–water partition coefficient (Wildman–Crippen LogP) is -2.99. The van der Waals surface area contributed by atoms with Crippen molar-refractivity contribution in [3.05, 3.63) is 41.7 Å². The number of aliphatic hydroxyl groups is 2. The molecule has 3 rings (SSSR count). The third-order valence-corrected chi connectivity index (χ3v) is 7.89. The van der Waals surface area contributed by atoms with Crippen molar-refractivity contribution in [2.24, 2.45) is 5.73 Å². The molecule has 0 saturated carbocycles. The molecule has 2 heterocycles. The lowest BCUT2D eigenvalue weighted by Crippen LogP contribution is -2.64. The first-order chi connectivity index (χ1) is 24.1. The van der Waals surface area contributed by atoms with E-state index in [1.807, 2.05) is 0 Å². The van der Waals surface area contributed by atoms with Gasteiger partial charge in [0.25, 0.3) is 0 Å². The molecule has 1 aromatic heterocycles. The number of methoxy groups -OCH3 is 1. The molecule has 0 bridgehead atoms. The molecule has 0 radical (unpaired) electrons. The van der Waals surface area contributed by atoms with E-state index in [2.05, 4.69) is 31.6 Å². The number of nitrogens with zero attached hydrogens (tertiary/aromatic N) is 3. The van der Waals surface area contributed by atoms with Crippen LogP contribution in [0.25, 0.3) is 0 Å². The molecule has 8 atom stereocenters. The maximum Gasteiger partial charge on any atom is 0.303 e. The summed E-state index contributed by atoms with van der Waals surface area (Å²) < 4.78 is 18.0. The zero-order valence-electron chi connectivity index (χ0n) is 28.5. The van der Waals surface area contributed by atoms with E-state index in [-0.39, 0.29) is 25.3 Å². The van der Waals surface area contributed by atoms with E-state index in [1.165, 1.54) is 38.8 Å². The Balaban J connectivity index is 1.74. The van der Waals surface area contributed by atoms with E-state index in [1.54, 1.807) is 24.3 Å². The molecular weight excluding hydrogens is 676 g/mol. The minimum Gasteiger partial charge on any atom is -0.497 e. The zero-order valence-corrected chi connectivity index (χ0v) is 28.5. The van der Waals surface area contributed by atoms with Crippen molar-refractivity contribution < 1.29 is 58.3 Å². The number of carboxylic acids is 1. The number of carbonyl (C=O) groups excluding carboxylic acids is 5. The average Bonchev–Trinajstić information content (AvgIpc) is 3.55. The molecule has 2 aromatic rings. The van der Waals surface area contributed by atoms with Gasteiger partial charge in [0.05, 0.1) is 32.9 Å². The number of primary amides is 1. The summed E-state index contributed by atoms with van der Waals surface area (Å²) >= 11 is 0. The monoisotopic (exact) mass is 720 g/mol. The number of hydrogen-bond donors (Lipinski definition) is 8. The predicted molar refractivity (Wildman–Crippen MR) is 173 cm³/mol. The standard InChI is InChI=1S/C31H44N8O12/c1-15(29(46)36-21(28(32)45)9-10-24(43)44)34-30(47)16(2)50-27-25(35-17(3)41)31(48)51-22(14-40)26(27)39-13-19(37-38-39)12-33-23(42)11-18-5-7-20(49-4)8-6-18/h5-8,13,15-16,21-22,25-27,31,40,48H,9-12,14H2,1-4H3,(H2,32,45)(H,33,42)(H,34,47)(H,35,41)(H,36,46)(H,43,44)/t15-,16+,21+,22+,25+,26+,27+,31+/m0/s1. The van der Waals surface area contributed by atoms with Gasteiger partial charge in [0.1, 0.15) is 53.9 Å². The first-order valence-electron chi connectivity index (χ1n) is 15.9. The Labute approximate surface area is 292 Å². The SMILES string of the molecule is COc1ccc(CC(=O)NCc2cn([C@H]3[C@H](O[C@H](C)C(=O)N[C@@H](C)C(=O)N[C@H](CCC(=O)O)C(N)=O)[C@@H](NC(C)=O)[C@H](O)O[C@@H]3CO)nn2)cc1. The molecular formula is C31H44N8O12. The van der Waals surface area contributed by atoms with Crippen molar-refractivity contribution in [3.8, 4) is 5.75 Å². The summed E-state index contributed by atoms with van der Waals surface area (Å²) in [5, 5.41) is 48.0. The summed E-state index contributed by atoms with van der Waals surface area (Å²) in [7, 11) is 1.54. The van der Waals surface area contributed by atoms with Crippen molar-refractivity contribution in [2.45, 2.75) is 95.3 Å². The Morgan fingerprint density at radius 1 is 1.08 bits per heavy atom. The maximum atomic E-state index is 13.2. The van der Waals surface area contributed by atoms with Crippen molar-refractivity contribution >= 4 is 35.5 Å². The van der Waals surface area contributed by atoms with Gasteiger partial charge in [-0.15, -0.1) is 5.10 Å². The van der Waals surface area contributed by atoms with E-state index in [0.717, 1.165) is 5.56 Å². The fraction of sp³-hybridized carbons (Fsp3) is 0.548. The van der Waals surface area contributed by atoms with Gasteiger partial charge < -0.3 is 56.5 Å². The molecule has 51 heavy (non-hydrogen) atoms. The Morgan fingerprint density at radius 3 is 2.35 bits per heavy atom. The highest BCUT2D eigenvalue weighted by Gasteiger charge is 2.49. The van der Waals surface area contributed by atoms with Gasteiger partial charge in [-0.2, -0.15) is 0 Å². The molecule has 0 aliphatic carbocycles. The number of nitrogens with two attached hydrogens (primary N) is 1. The van der Waals surface area contributed by atoms with Gasteiger partial charge in [0.2, 0.25) is 29.5 Å². The fourth-order valence-corrected chi connectivity index (χ4v) is 5.22. The summed E-state index contributed by atoms with van der Waals surface area (Å²) in [6.45, 7) is 3.15. The van der Waals surface area contributed by atoms with Gasteiger partial charge in [-0.05, 0) is 38.0 Å². The number of carbonyl (C=O) groups is 6. The van der Waals surface area contributed by atoms with Crippen LogP contribution in [0.15, 0.2) is 30.5 Å². The molecule has 1 aliphatic rings. The average molecular weight is 721 g/mol. The fourth-order valence-electron chi connectivity index (χ4n) is 5.22. The lowest BCUT2D eigenvalue weighted by atomic mass is 9.93. The highest BCUT2D eigenvalue weighted by atomic mass is 16.6. The third-order valence-electron chi connectivity index (χ3n) is 7.89. The Hall–Kier alpha value is -5.18. The molecule has 1 saturated heterocycles. The molecule has 1 fully saturated rings. The number of aromatic nitrogens is 3. The summed E-state index contributed by atoms with van der Waals surface area (Å²) in [6, 6.07) is 2.08. The summed E-state index contributed by atoms with van der Waals surface area (Å²) in [5.74, 6) is -4.03. The number of amides is 5. The second-order valence-electron chi connectivity index (χ2n) is 11.8. The number of rotatable bonds is 18. The van der Waals surface area contributed by atoms with Crippen LogP contribution in [0.3, 0.4) is 0 Å². The second kappa shape index (κ2) is 18.7. The number of hydrogen-bond acceptors (Lipinski definition) is 13. The van der Waals surface area contributed by atoms with E-state index >= 15 is 0 Å². The molecule has 0 unspecified atom stereocenters. The van der Waals surface area contributed by atoms with Gasteiger partial charge in [0.15, 0.2) is 6.29 Å². The zero-order chi connectivity index (χ0) is 37.8. The first kappa shape index (κ1) is 40.3. The lowest BCUT2D eigenvalue weighted by molar-refractivity contribution is -0.248. The maximum absolute atomic E-state index is 13.2. The van der Waals surface area contributed by atoms with Crippen LogP contribution in [-0.4, -0.2) is 122 Å². The van der Waals surface area contributed by atoms with Crippen LogP contribution in [0.1, 0.15) is 50.9 Å². The van der Waals surface area contributed by atoms with Crippen LogP contribution in [0.4, 0.5) is 0 Å². The summed E-state index contributed by atoms with van der Waals surface area (Å²) in [6.07, 6.45) is -4.67. The highest BCUT2D eigenvalue weighted by Crippen LogP contribution is 2.32. The number of benzene rings is 1. The van der Waals surface area contributed by atoms with Crippen LogP contribution >= 0.6 is 0 Å². The second-order valence-corrected chi connectivity index (χ2v) is 11.8. The van der Waals surface area contributed by atoms with E-state index in [0.29, 0.717) is 11.4 Å². The van der Waals surface area contributed by atoms with E-state index in [9.17, 15) is 39.0 Å². The largest absolute Gasteiger partial charge is 0.497 e. The summed E-state index contributed by atoms with van der Waals surface area (Å²) in [4.78, 5) is 73.2. The van der Waals surface area contributed by atoms with Crippen molar-refractivity contribution in [2.75, 3.05) is 13.7 Å².